The first-order valence-corrected chi connectivity index (χ1v) is 11.2. The maximum absolute atomic E-state index is 12.9. The summed E-state index contributed by atoms with van der Waals surface area (Å²) < 4.78 is 5.81. The molecule has 1 heterocycles. The van der Waals surface area contributed by atoms with Crippen LogP contribution in [-0.2, 0) is 4.79 Å². The molecule has 0 saturated heterocycles. The lowest BCUT2D eigenvalue weighted by Gasteiger charge is -2.36. The number of hydrogen-bond donors (Lipinski definition) is 3. The zero-order valence-corrected chi connectivity index (χ0v) is 18.6. The van der Waals surface area contributed by atoms with Crippen LogP contribution >= 0.6 is 0 Å². The molecule has 0 bridgehead atoms. The minimum atomic E-state index is -0.900. The van der Waals surface area contributed by atoms with Crippen LogP contribution in [0.2, 0.25) is 0 Å². The summed E-state index contributed by atoms with van der Waals surface area (Å²) in [6.45, 7) is 0.170. The van der Waals surface area contributed by atoms with Gasteiger partial charge in [0.25, 0.3) is 5.91 Å². The van der Waals surface area contributed by atoms with Crippen molar-refractivity contribution in [3.8, 4) is 23.3 Å². The molecule has 1 fully saturated rings. The normalized spacial score (nSPS) is 14.8. The van der Waals surface area contributed by atoms with Gasteiger partial charge in [-0.3, -0.25) is 9.59 Å². The number of nitrogens with one attached hydrogen (secondary N) is 1. The van der Waals surface area contributed by atoms with Crippen LogP contribution < -0.4 is 10.1 Å². The number of benzene rings is 2. The Kier molecular flexibility index (Phi) is 6.64. The SMILES string of the molecule is N#Cc1nc(C(=O)NCC2(CC(=O)O)CCCCC2)c(O)c2ccc(Oc3ccccc3)cc12. The van der Waals surface area contributed by atoms with Gasteiger partial charge in [0.2, 0.25) is 0 Å². The number of amides is 1. The number of nitriles is 1. The van der Waals surface area contributed by atoms with Gasteiger partial charge in [0.15, 0.2) is 11.4 Å². The van der Waals surface area contributed by atoms with Crippen molar-refractivity contribution in [2.75, 3.05) is 6.54 Å². The zero-order valence-electron chi connectivity index (χ0n) is 18.6. The molecule has 0 spiro atoms. The molecule has 0 aliphatic heterocycles. The third-order valence-electron chi connectivity index (χ3n) is 6.31. The number of pyridine rings is 1. The summed E-state index contributed by atoms with van der Waals surface area (Å²) in [4.78, 5) is 28.5. The fraction of sp³-hybridized carbons (Fsp3) is 0.308. The van der Waals surface area contributed by atoms with E-state index in [1.54, 1.807) is 30.3 Å². The number of carboxylic acid groups (broad SMARTS) is 1. The highest BCUT2D eigenvalue weighted by Gasteiger charge is 2.35. The zero-order chi connectivity index (χ0) is 24.1. The smallest absolute Gasteiger partial charge is 0.303 e. The number of para-hydroxylation sites is 1. The highest BCUT2D eigenvalue weighted by molar-refractivity contribution is 6.03. The molecule has 2 aromatic carbocycles. The van der Waals surface area contributed by atoms with E-state index in [9.17, 15) is 25.1 Å². The quantitative estimate of drug-likeness (QED) is 0.464. The second-order valence-electron chi connectivity index (χ2n) is 8.71. The molecule has 1 amide bonds. The van der Waals surface area contributed by atoms with Gasteiger partial charge in [0, 0.05) is 17.3 Å². The van der Waals surface area contributed by atoms with E-state index in [4.69, 9.17) is 4.74 Å². The van der Waals surface area contributed by atoms with Crippen LogP contribution in [0.3, 0.4) is 0 Å². The maximum atomic E-state index is 12.9. The van der Waals surface area contributed by atoms with E-state index in [2.05, 4.69) is 10.3 Å². The molecule has 0 radical (unpaired) electrons. The number of aromatic nitrogens is 1. The topological polar surface area (TPSA) is 133 Å². The monoisotopic (exact) mass is 459 g/mol. The molecule has 4 rings (SSSR count). The van der Waals surface area contributed by atoms with Crippen LogP contribution in [0.4, 0.5) is 0 Å². The van der Waals surface area contributed by atoms with Crippen molar-refractivity contribution in [2.24, 2.45) is 5.41 Å². The second-order valence-corrected chi connectivity index (χ2v) is 8.71. The molecule has 0 unspecified atom stereocenters. The Morgan fingerprint density at radius 3 is 2.47 bits per heavy atom. The van der Waals surface area contributed by atoms with E-state index in [1.807, 2.05) is 24.3 Å². The molecule has 8 nitrogen and oxygen atoms in total. The molecule has 3 aromatic rings. The van der Waals surface area contributed by atoms with Crippen molar-refractivity contribution >= 4 is 22.6 Å². The fourth-order valence-corrected chi connectivity index (χ4v) is 4.60. The van der Waals surface area contributed by atoms with Crippen molar-refractivity contribution < 1.29 is 24.5 Å². The Bertz CT molecular complexity index is 1260. The van der Waals surface area contributed by atoms with E-state index in [1.165, 1.54) is 0 Å². The number of carbonyl (C=O) groups is 2. The fourth-order valence-electron chi connectivity index (χ4n) is 4.60. The molecule has 3 N–H and O–H groups in total. The lowest BCUT2D eigenvalue weighted by Crippen LogP contribution is -2.40. The van der Waals surface area contributed by atoms with Crippen LogP contribution in [0, 0.1) is 16.7 Å². The first-order valence-electron chi connectivity index (χ1n) is 11.2. The van der Waals surface area contributed by atoms with Gasteiger partial charge in [-0.2, -0.15) is 5.26 Å². The van der Waals surface area contributed by atoms with E-state index >= 15 is 0 Å². The highest BCUT2D eigenvalue weighted by Crippen LogP contribution is 2.39. The third-order valence-corrected chi connectivity index (χ3v) is 6.31. The Morgan fingerprint density at radius 2 is 1.79 bits per heavy atom. The van der Waals surface area contributed by atoms with Gasteiger partial charge >= 0.3 is 5.97 Å². The largest absolute Gasteiger partial charge is 0.505 e. The number of carbonyl (C=O) groups excluding carboxylic acids is 1. The van der Waals surface area contributed by atoms with Crippen LogP contribution in [0.15, 0.2) is 48.5 Å². The van der Waals surface area contributed by atoms with Gasteiger partial charge in [-0.05, 0) is 48.6 Å². The first-order chi connectivity index (χ1) is 16.4. The van der Waals surface area contributed by atoms with Gasteiger partial charge in [0.1, 0.15) is 23.3 Å². The number of rotatable bonds is 7. The molecule has 8 heteroatoms. The molecule has 174 valence electrons. The number of carboxylic acids is 1. The highest BCUT2D eigenvalue weighted by atomic mass is 16.5. The predicted octanol–water partition coefficient (Wildman–Crippen LogP) is 4.76. The lowest BCUT2D eigenvalue weighted by atomic mass is 9.71. The molecular weight excluding hydrogens is 434 g/mol. The number of nitrogens with zero attached hydrogens (tertiary/aromatic N) is 2. The summed E-state index contributed by atoms with van der Waals surface area (Å²) in [5, 5.41) is 33.2. The summed E-state index contributed by atoms with van der Waals surface area (Å²) in [5.41, 5.74) is -0.801. The average Bonchev–Trinajstić information content (AvgIpc) is 2.84. The minimum absolute atomic E-state index is 0.0191. The van der Waals surface area contributed by atoms with Gasteiger partial charge in [-0.15, -0.1) is 0 Å². The van der Waals surface area contributed by atoms with Gasteiger partial charge in [0.05, 0.1) is 6.42 Å². The maximum Gasteiger partial charge on any atom is 0.303 e. The van der Waals surface area contributed by atoms with Crippen molar-refractivity contribution in [2.45, 2.75) is 38.5 Å². The molecule has 1 aliphatic rings. The van der Waals surface area contributed by atoms with Crippen molar-refractivity contribution in [3.63, 3.8) is 0 Å². The summed E-state index contributed by atoms with van der Waals surface area (Å²) in [6.07, 6.45) is 4.26. The minimum Gasteiger partial charge on any atom is -0.505 e. The van der Waals surface area contributed by atoms with Crippen LogP contribution in [0.5, 0.6) is 17.2 Å². The van der Waals surface area contributed by atoms with Gasteiger partial charge in [-0.25, -0.2) is 4.98 Å². The number of fused-ring (bicyclic) bond motifs is 1. The molecule has 1 aliphatic carbocycles. The van der Waals surface area contributed by atoms with E-state index in [0.717, 1.165) is 19.3 Å². The summed E-state index contributed by atoms with van der Waals surface area (Å²) >= 11 is 0. The summed E-state index contributed by atoms with van der Waals surface area (Å²) in [6, 6.07) is 15.9. The van der Waals surface area contributed by atoms with Gasteiger partial charge < -0.3 is 20.3 Å². The molecule has 0 atom stereocenters. The number of aromatic hydroxyl groups is 1. The van der Waals surface area contributed by atoms with E-state index < -0.39 is 17.3 Å². The van der Waals surface area contributed by atoms with E-state index in [0.29, 0.717) is 35.1 Å². The molecule has 1 saturated carbocycles. The number of hydrogen-bond acceptors (Lipinski definition) is 6. The Hall–Kier alpha value is -4.12. The molecule has 1 aromatic heterocycles. The Morgan fingerprint density at radius 1 is 1.06 bits per heavy atom. The van der Waals surface area contributed by atoms with Crippen molar-refractivity contribution in [1.82, 2.24) is 10.3 Å². The lowest BCUT2D eigenvalue weighted by molar-refractivity contribution is -0.140. The average molecular weight is 460 g/mol. The summed E-state index contributed by atoms with van der Waals surface area (Å²) in [7, 11) is 0. The van der Waals surface area contributed by atoms with Crippen LogP contribution in [-0.4, -0.2) is 33.6 Å². The van der Waals surface area contributed by atoms with Crippen molar-refractivity contribution in [3.05, 3.63) is 59.9 Å². The molecule has 34 heavy (non-hydrogen) atoms. The van der Waals surface area contributed by atoms with Crippen LogP contribution in [0.1, 0.15) is 54.7 Å². The predicted molar refractivity (Wildman–Crippen MR) is 125 cm³/mol. The molecular formula is C26H25N3O5. The Labute approximate surface area is 196 Å². The number of ether oxygens (including phenoxy) is 1. The number of aliphatic carboxylic acids is 1. The third kappa shape index (κ3) is 4.94. The van der Waals surface area contributed by atoms with Crippen molar-refractivity contribution in [1.29, 1.82) is 5.26 Å². The standard InChI is InChI=1S/C26H25N3O5/c27-15-21-20-13-18(34-17-7-3-1-4-8-17)9-10-19(20)24(32)23(29-21)25(33)28-16-26(14-22(30)31)11-5-2-6-12-26/h1,3-4,7-10,13,32H,2,5-6,11-12,14,16H2,(H,28,33)(H,30,31). The van der Waals surface area contributed by atoms with Crippen LogP contribution in [0.25, 0.3) is 10.8 Å². The van der Waals surface area contributed by atoms with Gasteiger partial charge in [-0.1, -0.05) is 37.5 Å². The Balaban J connectivity index is 1.60. The summed E-state index contributed by atoms with van der Waals surface area (Å²) in [5.74, 6) is -0.805. The first kappa shape index (κ1) is 23.1. The van der Waals surface area contributed by atoms with E-state index in [-0.39, 0.29) is 30.1 Å². The second kappa shape index (κ2) is 9.79.